The van der Waals surface area contributed by atoms with Crippen LogP contribution in [-0.4, -0.2) is 43.1 Å². The van der Waals surface area contributed by atoms with Gasteiger partial charge in [-0.05, 0) is 53.9 Å². The Morgan fingerprint density at radius 1 is 1.05 bits per heavy atom. The van der Waals surface area contributed by atoms with Crippen LogP contribution in [0.25, 0.3) is 0 Å². The maximum atomic E-state index is 13.5. The van der Waals surface area contributed by atoms with Gasteiger partial charge < -0.3 is 19.1 Å². The lowest BCUT2D eigenvalue weighted by molar-refractivity contribution is -0.384. The molecular formula is C26H23F3N2O6. The number of ether oxygens (including phenoxy) is 3. The van der Waals surface area contributed by atoms with E-state index in [1.54, 1.807) is 12.1 Å². The lowest BCUT2D eigenvalue weighted by Gasteiger charge is -2.37. The molecule has 0 aromatic heterocycles. The largest absolute Gasteiger partial charge is 0.493 e. The quantitative estimate of drug-likeness (QED) is 0.306. The SMILES string of the molecule is COc1cc2c(cc1OC)[C@@H](COc1cccc(C(F)(F)F)c1)N(C(=O)c1cccc([N+](=O)[O-])c1)CC2. The fraction of sp³-hybridized carbons (Fsp3) is 0.269. The van der Waals surface area contributed by atoms with Crippen LogP contribution in [0.5, 0.6) is 17.2 Å². The third-order valence-electron chi connectivity index (χ3n) is 6.14. The van der Waals surface area contributed by atoms with Crippen LogP contribution in [0.4, 0.5) is 18.9 Å². The van der Waals surface area contributed by atoms with Crippen LogP contribution in [0.1, 0.15) is 33.1 Å². The Kier molecular flexibility index (Phi) is 7.23. The van der Waals surface area contributed by atoms with Crippen LogP contribution < -0.4 is 14.2 Å². The molecule has 0 saturated carbocycles. The zero-order chi connectivity index (χ0) is 26.7. The average molecular weight is 516 g/mol. The van der Waals surface area contributed by atoms with Crippen molar-refractivity contribution in [2.75, 3.05) is 27.4 Å². The molecule has 0 unspecified atom stereocenters. The van der Waals surface area contributed by atoms with Gasteiger partial charge in [-0.15, -0.1) is 0 Å². The van der Waals surface area contributed by atoms with Gasteiger partial charge in [0.2, 0.25) is 0 Å². The Morgan fingerprint density at radius 2 is 1.76 bits per heavy atom. The number of carbonyl (C=O) groups excluding carboxylic acids is 1. The van der Waals surface area contributed by atoms with Gasteiger partial charge in [0.1, 0.15) is 12.4 Å². The summed E-state index contributed by atoms with van der Waals surface area (Å²) in [7, 11) is 2.96. The summed E-state index contributed by atoms with van der Waals surface area (Å²) >= 11 is 0. The molecule has 194 valence electrons. The average Bonchev–Trinajstić information content (AvgIpc) is 2.90. The molecule has 0 spiro atoms. The highest BCUT2D eigenvalue weighted by Crippen LogP contribution is 2.39. The standard InChI is InChI=1S/C26H23F3N2O6/c1-35-23-12-16-9-10-30(25(32)17-5-3-7-19(11-17)31(33)34)22(21(16)14-24(23)36-2)15-37-20-8-4-6-18(13-20)26(27,28)29/h3-8,11-14,22H,9-10,15H2,1-2H3/t22-/m1/s1. The molecule has 11 heteroatoms. The Balaban J connectivity index is 1.71. The lowest BCUT2D eigenvalue weighted by atomic mass is 9.91. The molecule has 0 fully saturated rings. The summed E-state index contributed by atoms with van der Waals surface area (Å²) in [6.07, 6.45) is -4.08. The van der Waals surface area contributed by atoms with Gasteiger partial charge in [-0.2, -0.15) is 13.2 Å². The number of halogens is 3. The zero-order valence-electron chi connectivity index (χ0n) is 19.9. The van der Waals surface area contributed by atoms with Crippen molar-refractivity contribution in [2.24, 2.45) is 0 Å². The predicted octanol–water partition coefficient (Wildman–Crippen LogP) is 5.45. The minimum Gasteiger partial charge on any atom is -0.493 e. The molecule has 1 aliphatic rings. The van der Waals surface area contributed by atoms with Crippen LogP contribution in [-0.2, 0) is 12.6 Å². The van der Waals surface area contributed by atoms with Crippen molar-refractivity contribution in [1.29, 1.82) is 0 Å². The number of alkyl halides is 3. The van der Waals surface area contributed by atoms with E-state index in [4.69, 9.17) is 14.2 Å². The van der Waals surface area contributed by atoms with Crippen LogP contribution in [0.15, 0.2) is 60.7 Å². The van der Waals surface area contributed by atoms with Crippen molar-refractivity contribution in [3.05, 3.63) is 93.0 Å². The van der Waals surface area contributed by atoms with E-state index in [-0.39, 0.29) is 30.2 Å². The van der Waals surface area contributed by atoms with E-state index >= 15 is 0 Å². The van der Waals surface area contributed by atoms with E-state index in [2.05, 4.69) is 0 Å². The second-order valence-electron chi connectivity index (χ2n) is 8.31. The number of nitro benzene ring substituents is 1. The second kappa shape index (κ2) is 10.4. The van der Waals surface area contributed by atoms with Crippen molar-refractivity contribution in [2.45, 2.75) is 18.6 Å². The topological polar surface area (TPSA) is 91.1 Å². The highest BCUT2D eigenvalue weighted by Gasteiger charge is 2.34. The van der Waals surface area contributed by atoms with Gasteiger partial charge in [0, 0.05) is 24.2 Å². The Bertz CT molecular complexity index is 1330. The van der Waals surface area contributed by atoms with E-state index in [0.717, 1.165) is 17.7 Å². The van der Waals surface area contributed by atoms with Gasteiger partial charge in [-0.25, -0.2) is 0 Å². The van der Waals surface area contributed by atoms with Gasteiger partial charge in [-0.3, -0.25) is 14.9 Å². The van der Waals surface area contributed by atoms with E-state index in [9.17, 15) is 28.1 Å². The minimum absolute atomic E-state index is 0.00910. The molecule has 37 heavy (non-hydrogen) atoms. The predicted molar refractivity (Wildman–Crippen MR) is 127 cm³/mol. The highest BCUT2D eigenvalue weighted by atomic mass is 19.4. The van der Waals surface area contributed by atoms with Crippen molar-refractivity contribution in [3.63, 3.8) is 0 Å². The Morgan fingerprint density at radius 3 is 2.43 bits per heavy atom. The molecule has 1 atom stereocenters. The number of fused-ring (bicyclic) bond motifs is 1. The summed E-state index contributed by atoms with van der Waals surface area (Å²) in [6.45, 7) is 0.0884. The number of hydrogen-bond acceptors (Lipinski definition) is 6. The summed E-state index contributed by atoms with van der Waals surface area (Å²) in [6, 6.07) is 12.6. The molecular weight excluding hydrogens is 493 g/mol. The Hall–Kier alpha value is -4.28. The number of amides is 1. The number of nitrogens with zero attached hydrogens (tertiary/aromatic N) is 2. The van der Waals surface area contributed by atoms with Gasteiger partial charge in [0.15, 0.2) is 11.5 Å². The number of non-ortho nitro benzene ring substituents is 1. The number of nitro groups is 1. The van der Waals surface area contributed by atoms with Gasteiger partial charge >= 0.3 is 6.18 Å². The monoisotopic (exact) mass is 516 g/mol. The number of carbonyl (C=O) groups is 1. The van der Waals surface area contributed by atoms with Crippen LogP contribution in [0.3, 0.4) is 0 Å². The van der Waals surface area contributed by atoms with E-state index in [1.807, 2.05) is 0 Å². The zero-order valence-corrected chi connectivity index (χ0v) is 19.9. The van der Waals surface area contributed by atoms with Crippen LogP contribution >= 0.6 is 0 Å². The molecule has 3 aromatic rings. The van der Waals surface area contributed by atoms with E-state index in [1.165, 1.54) is 55.5 Å². The van der Waals surface area contributed by atoms with Crippen LogP contribution in [0.2, 0.25) is 0 Å². The molecule has 1 heterocycles. The van der Waals surface area contributed by atoms with Crippen molar-refractivity contribution >= 4 is 11.6 Å². The minimum atomic E-state index is -4.54. The summed E-state index contributed by atoms with van der Waals surface area (Å²) in [4.78, 5) is 25.6. The fourth-order valence-electron chi connectivity index (χ4n) is 4.31. The maximum absolute atomic E-state index is 13.5. The third kappa shape index (κ3) is 5.45. The normalized spacial score (nSPS) is 15.1. The summed E-state index contributed by atoms with van der Waals surface area (Å²) in [5.41, 5.74) is 0.562. The smallest absolute Gasteiger partial charge is 0.416 e. The molecule has 0 saturated heterocycles. The van der Waals surface area contributed by atoms with Crippen molar-refractivity contribution in [3.8, 4) is 17.2 Å². The van der Waals surface area contributed by atoms with Crippen molar-refractivity contribution in [1.82, 2.24) is 4.90 Å². The molecule has 1 amide bonds. The molecule has 0 aliphatic carbocycles. The third-order valence-corrected chi connectivity index (χ3v) is 6.14. The molecule has 1 aliphatic heterocycles. The summed E-state index contributed by atoms with van der Waals surface area (Å²) in [5.74, 6) is 0.430. The van der Waals surface area contributed by atoms with Gasteiger partial charge in [0.05, 0.1) is 30.7 Å². The number of rotatable bonds is 7. The van der Waals surface area contributed by atoms with E-state index in [0.29, 0.717) is 23.5 Å². The first kappa shape index (κ1) is 25.8. The van der Waals surface area contributed by atoms with Gasteiger partial charge in [0.25, 0.3) is 11.6 Å². The van der Waals surface area contributed by atoms with Crippen LogP contribution in [0, 0.1) is 10.1 Å². The summed E-state index contributed by atoms with van der Waals surface area (Å²) < 4.78 is 56.1. The Labute approximate surface area is 210 Å². The molecule has 0 radical (unpaired) electrons. The molecule has 3 aromatic carbocycles. The fourth-order valence-corrected chi connectivity index (χ4v) is 4.31. The number of methoxy groups -OCH3 is 2. The molecule has 0 N–H and O–H groups in total. The van der Waals surface area contributed by atoms with Crippen molar-refractivity contribution < 1.29 is 37.1 Å². The maximum Gasteiger partial charge on any atom is 0.416 e. The number of benzene rings is 3. The summed E-state index contributed by atoms with van der Waals surface area (Å²) in [5, 5.41) is 11.2. The molecule has 4 rings (SSSR count). The van der Waals surface area contributed by atoms with Gasteiger partial charge in [-0.1, -0.05) is 12.1 Å². The first-order chi connectivity index (χ1) is 17.6. The second-order valence-corrected chi connectivity index (χ2v) is 8.31. The molecule has 0 bridgehead atoms. The first-order valence-corrected chi connectivity index (χ1v) is 11.2. The number of hydrogen-bond donors (Lipinski definition) is 0. The lowest BCUT2D eigenvalue weighted by Crippen LogP contribution is -2.42. The highest BCUT2D eigenvalue weighted by molar-refractivity contribution is 5.95. The first-order valence-electron chi connectivity index (χ1n) is 11.2. The van der Waals surface area contributed by atoms with E-state index < -0.39 is 28.6 Å². The molecule has 8 nitrogen and oxygen atoms in total.